The lowest BCUT2D eigenvalue weighted by molar-refractivity contribution is -0.123. The first kappa shape index (κ1) is 16.9. The van der Waals surface area contributed by atoms with Crippen LogP contribution in [-0.2, 0) is 4.79 Å². The van der Waals surface area contributed by atoms with E-state index in [-0.39, 0.29) is 5.91 Å². The molecule has 1 aliphatic rings. The van der Waals surface area contributed by atoms with Crippen LogP contribution < -0.4 is 5.73 Å². The highest BCUT2D eigenvalue weighted by molar-refractivity contribution is 7.15. The molecule has 0 aliphatic carbocycles. The summed E-state index contributed by atoms with van der Waals surface area (Å²) in [5.74, 6) is -0.684. The van der Waals surface area contributed by atoms with E-state index in [0.717, 1.165) is 28.3 Å². The minimum atomic E-state index is -0.550. The summed E-state index contributed by atoms with van der Waals surface area (Å²) in [6.45, 7) is 2.39. The molecule has 1 atom stereocenters. The first-order valence-corrected chi connectivity index (χ1v) is 9.00. The number of piperidine rings is 1. The summed E-state index contributed by atoms with van der Waals surface area (Å²) in [5, 5.41) is 1.44. The molecule has 2 amide bonds. The number of nitrogens with two attached hydrogens (primary N) is 1. The molecule has 1 aromatic carbocycles. The molecule has 0 radical (unpaired) electrons. The largest absolute Gasteiger partial charge is 0.368 e. The summed E-state index contributed by atoms with van der Waals surface area (Å²) >= 11 is 7.40. The zero-order valence-corrected chi connectivity index (χ0v) is 14.9. The monoisotopic (exact) mass is 363 g/mol. The van der Waals surface area contributed by atoms with Crippen LogP contribution in [0.1, 0.15) is 34.8 Å². The molecule has 5 nitrogen and oxygen atoms in total. The van der Waals surface area contributed by atoms with E-state index in [1.807, 2.05) is 19.1 Å². The second kappa shape index (κ2) is 6.91. The Balaban J connectivity index is 1.98. The summed E-state index contributed by atoms with van der Waals surface area (Å²) in [5.41, 5.74) is 6.75. The van der Waals surface area contributed by atoms with Crippen molar-refractivity contribution in [1.29, 1.82) is 0 Å². The van der Waals surface area contributed by atoms with Crippen molar-refractivity contribution in [2.75, 3.05) is 6.54 Å². The Hall–Kier alpha value is -1.92. The molecular formula is C17H18ClN3O2S. The highest BCUT2D eigenvalue weighted by Crippen LogP contribution is 2.33. The highest BCUT2D eigenvalue weighted by Gasteiger charge is 2.33. The van der Waals surface area contributed by atoms with E-state index in [1.165, 1.54) is 11.3 Å². The number of halogens is 1. The molecule has 126 valence electrons. The molecule has 1 aliphatic heterocycles. The van der Waals surface area contributed by atoms with Gasteiger partial charge in [-0.2, -0.15) is 0 Å². The van der Waals surface area contributed by atoms with E-state index in [0.29, 0.717) is 23.7 Å². The third-order valence-electron chi connectivity index (χ3n) is 4.14. The van der Waals surface area contributed by atoms with Crippen LogP contribution >= 0.6 is 22.9 Å². The Labute approximate surface area is 149 Å². The second-order valence-electron chi connectivity index (χ2n) is 5.83. The minimum absolute atomic E-state index is 0.229. The van der Waals surface area contributed by atoms with Crippen molar-refractivity contribution in [3.05, 3.63) is 40.0 Å². The SMILES string of the molecule is Cc1nc(C(=O)N2CCCCC2C(N)=O)c(-c2ccc(Cl)cc2)s1. The van der Waals surface area contributed by atoms with Gasteiger partial charge in [0, 0.05) is 11.6 Å². The third-order valence-corrected chi connectivity index (χ3v) is 5.41. The molecule has 2 aromatic rings. The van der Waals surface area contributed by atoms with Crippen LogP contribution in [0.2, 0.25) is 5.02 Å². The van der Waals surface area contributed by atoms with E-state index in [2.05, 4.69) is 4.98 Å². The first-order valence-electron chi connectivity index (χ1n) is 7.81. The van der Waals surface area contributed by atoms with Gasteiger partial charge in [0.15, 0.2) is 0 Å². The molecule has 1 saturated heterocycles. The number of rotatable bonds is 3. The lowest BCUT2D eigenvalue weighted by Crippen LogP contribution is -2.50. The van der Waals surface area contributed by atoms with E-state index < -0.39 is 11.9 Å². The average Bonchev–Trinajstić information content (AvgIpc) is 2.96. The van der Waals surface area contributed by atoms with Gasteiger partial charge < -0.3 is 10.6 Å². The van der Waals surface area contributed by atoms with Crippen LogP contribution in [-0.4, -0.2) is 34.3 Å². The number of amides is 2. The van der Waals surface area contributed by atoms with E-state index in [1.54, 1.807) is 17.0 Å². The fourth-order valence-corrected chi connectivity index (χ4v) is 4.02. The molecule has 1 unspecified atom stereocenters. The molecular weight excluding hydrogens is 346 g/mol. The summed E-state index contributed by atoms with van der Waals surface area (Å²) < 4.78 is 0. The van der Waals surface area contributed by atoms with Crippen molar-refractivity contribution >= 4 is 34.8 Å². The number of benzene rings is 1. The van der Waals surface area contributed by atoms with E-state index >= 15 is 0 Å². The number of carbonyl (C=O) groups is 2. The molecule has 0 saturated carbocycles. The number of carbonyl (C=O) groups excluding carboxylic acids is 2. The minimum Gasteiger partial charge on any atom is -0.368 e. The van der Waals surface area contributed by atoms with Gasteiger partial charge in [0.25, 0.3) is 5.91 Å². The number of primary amides is 1. The highest BCUT2D eigenvalue weighted by atomic mass is 35.5. The van der Waals surface area contributed by atoms with Gasteiger partial charge in [-0.15, -0.1) is 11.3 Å². The van der Waals surface area contributed by atoms with Crippen LogP contribution in [0, 0.1) is 6.92 Å². The lowest BCUT2D eigenvalue weighted by Gasteiger charge is -2.33. The fourth-order valence-electron chi connectivity index (χ4n) is 2.98. The Morgan fingerprint density at radius 1 is 1.29 bits per heavy atom. The number of nitrogens with zero attached hydrogens (tertiary/aromatic N) is 2. The number of aryl methyl sites for hydroxylation is 1. The third kappa shape index (κ3) is 3.30. The Bertz CT molecular complexity index is 773. The molecule has 0 bridgehead atoms. The maximum Gasteiger partial charge on any atom is 0.274 e. The van der Waals surface area contributed by atoms with Crippen molar-refractivity contribution < 1.29 is 9.59 Å². The van der Waals surface area contributed by atoms with Gasteiger partial charge in [-0.25, -0.2) is 4.98 Å². The van der Waals surface area contributed by atoms with Gasteiger partial charge in [-0.1, -0.05) is 23.7 Å². The van der Waals surface area contributed by atoms with Crippen LogP contribution in [0.5, 0.6) is 0 Å². The Morgan fingerprint density at radius 2 is 2.00 bits per heavy atom. The number of hydrogen-bond acceptors (Lipinski definition) is 4. The molecule has 24 heavy (non-hydrogen) atoms. The molecule has 2 heterocycles. The molecule has 1 aromatic heterocycles. The smallest absolute Gasteiger partial charge is 0.274 e. The van der Waals surface area contributed by atoms with E-state index in [4.69, 9.17) is 17.3 Å². The predicted octanol–water partition coefficient (Wildman–Crippen LogP) is 3.25. The number of likely N-dealkylation sites (tertiary alicyclic amines) is 1. The van der Waals surface area contributed by atoms with Crippen molar-refractivity contribution in [2.45, 2.75) is 32.2 Å². The number of aromatic nitrogens is 1. The van der Waals surface area contributed by atoms with Gasteiger partial charge in [0.1, 0.15) is 11.7 Å². The fraction of sp³-hybridized carbons (Fsp3) is 0.353. The maximum atomic E-state index is 13.0. The molecule has 7 heteroatoms. The van der Waals surface area contributed by atoms with Gasteiger partial charge in [-0.05, 0) is 43.9 Å². The van der Waals surface area contributed by atoms with Crippen LogP contribution in [0.15, 0.2) is 24.3 Å². The van der Waals surface area contributed by atoms with Gasteiger partial charge in [-0.3, -0.25) is 9.59 Å². The van der Waals surface area contributed by atoms with Crippen molar-refractivity contribution in [2.24, 2.45) is 5.73 Å². The van der Waals surface area contributed by atoms with Crippen molar-refractivity contribution in [3.63, 3.8) is 0 Å². The molecule has 0 spiro atoms. The van der Waals surface area contributed by atoms with E-state index in [9.17, 15) is 9.59 Å². The topological polar surface area (TPSA) is 76.3 Å². The zero-order valence-electron chi connectivity index (χ0n) is 13.3. The maximum absolute atomic E-state index is 13.0. The molecule has 3 rings (SSSR count). The van der Waals surface area contributed by atoms with Gasteiger partial charge >= 0.3 is 0 Å². The molecule has 1 fully saturated rings. The second-order valence-corrected chi connectivity index (χ2v) is 7.47. The van der Waals surface area contributed by atoms with Crippen molar-refractivity contribution in [1.82, 2.24) is 9.88 Å². The van der Waals surface area contributed by atoms with Crippen LogP contribution in [0.4, 0.5) is 0 Å². The van der Waals surface area contributed by atoms with Gasteiger partial charge in [0.05, 0.1) is 9.88 Å². The quantitative estimate of drug-likeness (QED) is 0.909. The van der Waals surface area contributed by atoms with Crippen molar-refractivity contribution in [3.8, 4) is 10.4 Å². The number of thiazole rings is 1. The van der Waals surface area contributed by atoms with Gasteiger partial charge in [0.2, 0.25) is 5.91 Å². The summed E-state index contributed by atoms with van der Waals surface area (Å²) in [4.78, 5) is 31.5. The number of hydrogen-bond donors (Lipinski definition) is 1. The molecule has 2 N–H and O–H groups in total. The standard InChI is InChI=1S/C17H18ClN3O2S/c1-10-20-14(15(24-10)11-5-7-12(18)8-6-11)17(23)21-9-3-2-4-13(21)16(19)22/h5-8,13H,2-4,9H2,1H3,(H2,19,22). The van der Waals surface area contributed by atoms with Crippen LogP contribution in [0.3, 0.4) is 0 Å². The summed E-state index contributed by atoms with van der Waals surface area (Å²) in [6, 6.07) is 6.76. The summed E-state index contributed by atoms with van der Waals surface area (Å²) in [6.07, 6.45) is 2.38. The zero-order chi connectivity index (χ0) is 17.3. The Morgan fingerprint density at radius 3 is 2.67 bits per heavy atom. The summed E-state index contributed by atoms with van der Waals surface area (Å²) in [7, 11) is 0. The predicted molar refractivity (Wildman–Crippen MR) is 95.2 cm³/mol. The average molecular weight is 364 g/mol. The van der Waals surface area contributed by atoms with Crippen LogP contribution in [0.25, 0.3) is 10.4 Å². The lowest BCUT2D eigenvalue weighted by atomic mass is 10.0. The Kier molecular flexibility index (Phi) is 4.87. The normalized spacial score (nSPS) is 17.8. The first-order chi connectivity index (χ1) is 11.5.